The molecular formula is C20H18FN3O3. The fourth-order valence-corrected chi connectivity index (χ4v) is 2.53. The van der Waals surface area contributed by atoms with Gasteiger partial charge in [0.25, 0.3) is 5.91 Å². The van der Waals surface area contributed by atoms with Crippen LogP contribution in [0.15, 0.2) is 59.1 Å². The van der Waals surface area contributed by atoms with E-state index in [-0.39, 0.29) is 24.1 Å². The molecule has 138 valence electrons. The summed E-state index contributed by atoms with van der Waals surface area (Å²) >= 11 is 0. The Balaban J connectivity index is 1.60. The van der Waals surface area contributed by atoms with Gasteiger partial charge in [-0.05, 0) is 36.4 Å². The number of oxazole rings is 1. The van der Waals surface area contributed by atoms with Crippen molar-refractivity contribution in [2.75, 3.05) is 12.4 Å². The van der Waals surface area contributed by atoms with Crippen molar-refractivity contribution in [3.8, 4) is 11.3 Å². The second kappa shape index (κ2) is 8.27. The van der Waals surface area contributed by atoms with E-state index in [2.05, 4.69) is 15.6 Å². The minimum atomic E-state index is -0.327. The monoisotopic (exact) mass is 367 g/mol. The van der Waals surface area contributed by atoms with E-state index >= 15 is 0 Å². The number of para-hydroxylation sites is 1. The summed E-state index contributed by atoms with van der Waals surface area (Å²) in [5.41, 5.74) is 1.54. The Morgan fingerprint density at radius 1 is 1.11 bits per heavy atom. The van der Waals surface area contributed by atoms with Crippen LogP contribution in [0.5, 0.6) is 0 Å². The summed E-state index contributed by atoms with van der Waals surface area (Å²) in [5, 5.41) is 5.27. The Morgan fingerprint density at radius 3 is 2.59 bits per heavy atom. The number of benzene rings is 2. The van der Waals surface area contributed by atoms with Crippen LogP contribution in [0.4, 0.5) is 10.1 Å². The predicted molar refractivity (Wildman–Crippen MR) is 98.7 cm³/mol. The molecule has 1 aromatic heterocycles. The maximum absolute atomic E-state index is 13.0. The average Bonchev–Trinajstić information content (AvgIpc) is 3.16. The molecule has 0 fully saturated rings. The molecule has 0 atom stereocenters. The standard InChI is InChI=1S/C20H18FN3O3/c1-22-20(26)15-4-2-3-5-16(15)24-18(25)10-11-19-23-12-17(27-19)13-6-8-14(21)9-7-13/h2-9,12H,10-11H2,1H3,(H,22,26)(H,24,25). The van der Waals surface area contributed by atoms with Crippen LogP contribution in [0.3, 0.4) is 0 Å². The molecule has 0 aliphatic carbocycles. The van der Waals surface area contributed by atoms with Crippen molar-refractivity contribution in [1.29, 1.82) is 0 Å². The Bertz CT molecular complexity index is 951. The molecular weight excluding hydrogens is 349 g/mol. The number of nitrogens with zero attached hydrogens (tertiary/aromatic N) is 1. The van der Waals surface area contributed by atoms with Gasteiger partial charge in [-0.15, -0.1) is 0 Å². The van der Waals surface area contributed by atoms with Crippen molar-refractivity contribution >= 4 is 17.5 Å². The van der Waals surface area contributed by atoms with E-state index in [1.165, 1.54) is 19.2 Å². The fourth-order valence-electron chi connectivity index (χ4n) is 2.53. The van der Waals surface area contributed by atoms with Crippen LogP contribution in [0.2, 0.25) is 0 Å². The number of hydrogen-bond acceptors (Lipinski definition) is 4. The first-order valence-corrected chi connectivity index (χ1v) is 8.38. The summed E-state index contributed by atoms with van der Waals surface area (Å²) < 4.78 is 18.6. The van der Waals surface area contributed by atoms with E-state index in [1.807, 2.05) is 0 Å². The lowest BCUT2D eigenvalue weighted by molar-refractivity contribution is -0.116. The van der Waals surface area contributed by atoms with E-state index in [0.717, 1.165) is 0 Å². The average molecular weight is 367 g/mol. The second-order valence-corrected chi connectivity index (χ2v) is 5.80. The van der Waals surface area contributed by atoms with Crippen molar-refractivity contribution < 1.29 is 18.4 Å². The molecule has 6 nitrogen and oxygen atoms in total. The molecule has 0 radical (unpaired) electrons. The topological polar surface area (TPSA) is 84.2 Å². The summed E-state index contributed by atoms with van der Waals surface area (Å²) in [6, 6.07) is 12.7. The van der Waals surface area contributed by atoms with Gasteiger partial charge in [-0.2, -0.15) is 0 Å². The van der Waals surface area contributed by atoms with Gasteiger partial charge in [-0.3, -0.25) is 9.59 Å². The molecule has 0 unspecified atom stereocenters. The third-order valence-corrected chi connectivity index (χ3v) is 3.92. The lowest BCUT2D eigenvalue weighted by Gasteiger charge is -2.09. The van der Waals surface area contributed by atoms with Crippen LogP contribution >= 0.6 is 0 Å². The smallest absolute Gasteiger partial charge is 0.253 e. The van der Waals surface area contributed by atoms with Crippen LogP contribution in [0, 0.1) is 5.82 Å². The largest absolute Gasteiger partial charge is 0.441 e. The molecule has 0 aliphatic heterocycles. The van der Waals surface area contributed by atoms with E-state index in [9.17, 15) is 14.0 Å². The zero-order valence-electron chi connectivity index (χ0n) is 14.7. The lowest BCUT2D eigenvalue weighted by atomic mass is 10.1. The van der Waals surface area contributed by atoms with Gasteiger partial charge in [0.2, 0.25) is 5.91 Å². The minimum Gasteiger partial charge on any atom is -0.441 e. The number of rotatable bonds is 6. The minimum absolute atomic E-state index is 0.144. The van der Waals surface area contributed by atoms with Crippen LogP contribution in [-0.4, -0.2) is 23.8 Å². The molecule has 0 bridgehead atoms. The molecule has 27 heavy (non-hydrogen) atoms. The lowest BCUT2D eigenvalue weighted by Crippen LogP contribution is -2.21. The molecule has 3 rings (SSSR count). The summed E-state index contributed by atoms with van der Waals surface area (Å²) in [6.45, 7) is 0. The van der Waals surface area contributed by atoms with Crippen molar-refractivity contribution in [3.63, 3.8) is 0 Å². The molecule has 2 aromatic carbocycles. The Labute approximate surface area is 155 Å². The highest BCUT2D eigenvalue weighted by Crippen LogP contribution is 2.21. The second-order valence-electron chi connectivity index (χ2n) is 5.80. The van der Waals surface area contributed by atoms with Gasteiger partial charge >= 0.3 is 0 Å². The maximum Gasteiger partial charge on any atom is 0.253 e. The fraction of sp³-hybridized carbons (Fsp3) is 0.150. The summed E-state index contributed by atoms with van der Waals surface area (Å²) in [4.78, 5) is 28.2. The Kier molecular flexibility index (Phi) is 5.61. The molecule has 0 saturated heterocycles. The van der Waals surface area contributed by atoms with Gasteiger partial charge in [-0.25, -0.2) is 9.37 Å². The van der Waals surface area contributed by atoms with Crippen LogP contribution in [-0.2, 0) is 11.2 Å². The summed E-state index contributed by atoms with van der Waals surface area (Å²) in [6.07, 6.45) is 1.99. The van der Waals surface area contributed by atoms with Gasteiger partial charge in [0.1, 0.15) is 5.82 Å². The third-order valence-electron chi connectivity index (χ3n) is 3.92. The molecule has 7 heteroatoms. The molecule has 2 amide bonds. The first-order valence-electron chi connectivity index (χ1n) is 8.38. The number of aryl methyl sites for hydroxylation is 1. The van der Waals surface area contributed by atoms with Crippen molar-refractivity contribution in [2.24, 2.45) is 0 Å². The van der Waals surface area contributed by atoms with Crippen molar-refractivity contribution in [2.45, 2.75) is 12.8 Å². The third kappa shape index (κ3) is 4.58. The number of aromatic nitrogens is 1. The highest BCUT2D eigenvalue weighted by molar-refractivity contribution is 6.03. The summed E-state index contributed by atoms with van der Waals surface area (Å²) in [5.74, 6) is 0.0575. The highest BCUT2D eigenvalue weighted by atomic mass is 19.1. The number of nitrogens with one attached hydrogen (secondary N) is 2. The van der Waals surface area contributed by atoms with Crippen LogP contribution in [0.25, 0.3) is 11.3 Å². The van der Waals surface area contributed by atoms with Crippen molar-refractivity contribution in [3.05, 3.63) is 72.0 Å². The number of halogens is 1. The van der Waals surface area contributed by atoms with E-state index in [0.29, 0.717) is 34.9 Å². The molecule has 1 heterocycles. The number of carbonyl (C=O) groups is 2. The summed E-state index contributed by atoms with van der Waals surface area (Å²) in [7, 11) is 1.53. The maximum atomic E-state index is 13.0. The van der Waals surface area contributed by atoms with Gasteiger partial charge in [-0.1, -0.05) is 12.1 Å². The highest BCUT2D eigenvalue weighted by Gasteiger charge is 2.13. The number of carbonyl (C=O) groups excluding carboxylic acids is 2. The van der Waals surface area contributed by atoms with Crippen LogP contribution in [0.1, 0.15) is 22.7 Å². The molecule has 0 spiro atoms. The Hall–Kier alpha value is -3.48. The molecule has 0 saturated carbocycles. The zero-order chi connectivity index (χ0) is 19.2. The van der Waals surface area contributed by atoms with Gasteiger partial charge in [0.15, 0.2) is 11.7 Å². The number of anilines is 1. The number of hydrogen-bond donors (Lipinski definition) is 2. The zero-order valence-corrected chi connectivity index (χ0v) is 14.7. The predicted octanol–water partition coefficient (Wildman–Crippen LogP) is 3.41. The first-order chi connectivity index (χ1) is 13.1. The van der Waals surface area contributed by atoms with Gasteiger partial charge in [0.05, 0.1) is 17.4 Å². The van der Waals surface area contributed by atoms with E-state index in [4.69, 9.17) is 4.42 Å². The normalized spacial score (nSPS) is 10.4. The Morgan fingerprint density at radius 2 is 1.85 bits per heavy atom. The SMILES string of the molecule is CNC(=O)c1ccccc1NC(=O)CCc1ncc(-c2ccc(F)cc2)o1. The van der Waals surface area contributed by atoms with Gasteiger partial charge in [0, 0.05) is 25.5 Å². The van der Waals surface area contributed by atoms with Crippen molar-refractivity contribution in [1.82, 2.24) is 10.3 Å². The molecule has 2 N–H and O–H groups in total. The number of amides is 2. The first kappa shape index (κ1) is 18.3. The van der Waals surface area contributed by atoms with E-state index in [1.54, 1.807) is 42.6 Å². The van der Waals surface area contributed by atoms with Crippen LogP contribution < -0.4 is 10.6 Å². The molecule has 3 aromatic rings. The van der Waals surface area contributed by atoms with Gasteiger partial charge < -0.3 is 15.1 Å². The molecule has 0 aliphatic rings. The quantitative estimate of drug-likeness (QED) is 0.699. The van der Waals surface area contributed by atoms with E-state index < -0.39 is 0 Å².